The Morgan fingerprint density at radius 3 is 2.71 bits per heavy atom. The molecule has 28 heavy (non-hydrogen) atoms. The van der Waals surface area contributed by atoms with E-state index in [4.69, 9.17) is 0 Å². The van der Waals surface area contributed by atoms with Gasteiger partial charge in [-0.2, -0.15) is 0 Å². The van der Waals surface area contributed by atoms with E-state index in [2.05, 4.69) is 15.5 Å². The van der Waals surface area contributed by atoms with E-state index in [1.807, 2.05) is 83.4 Å². The molecule has 6 nitrogen and oxygen atoms in total. The molecule has 0 aliphatic rings. The minimum absolute atomic E-state index is 0.0709. The third-order valence-electron chi connectivity index (χ3n) is 4.17. The lowest BCUT2D eigenvalue weighted by Gasteiger charge is -2.11. The molecule has 0 saturated carbocycles. The van der Waals surface area contributed by atoms with Gasteiger partial charge in [0.1, 0.15) is 0 Å². The van der Waals surface area contributed by atoms with Crippen LogP contribution in [0.3, 0.4) is 0 Å². The lowest BCUT2D eigenvalue weighted by molar-refractivity contribution is -0.113. The van der Waals surface area contributed by atoms with Gasteiger partial charge in [0.05, 0.1) is 10.6 Å². The standard InChI is InChI=1S/C20H19N5OS2/c1-14-7-8-15(2)16(12-14)21-18(26)13-28-20-23-22-19(17-6-5-11-27-17)25(20)24-9-3-4-10-24/h3-12H,13H2,1-2H3,(H,21,26). The van der Waals surface area contributed by atoms with Crippen molar-refractivity contribution in [2.75, 3.05) is 11.1 Å². The maximum Gasteiger partial charge on any atom is 0.234 e. The summed E-state index contributed by atoms with van der Waals surface area (Å²) in [5, 5.41) is 14.3. The molecule has 1 aromatic carbocycles. The number of hydrogen-bond donors (Lipinski definition) is 1. The van der Waals surface area contributed by atoms with Crippen molar-refractivity contribution in [2.45, 2.75) is 19.0 Å². The topological polar surface area (TPSA) is 64.7 Å². The van der Waals surface area contributed by atoms with Gasteiger partial charge in [-0.25, -0.2) is 4.68 Å². The first-order valence-corrected chi connectivity index (χ1v) is 10.6. The number of carbonyl (C=O) groups excluding carboxylic acids is 1. The monoisotopic (exact) mass is 409 g/mol. The van der Waals surface area contributed by atoms with Gasteiger partial charge in [-0.1, -0.05) is 30.0 Å². The summed E-state index contributed by atoms with van der Waals surface area (Å²) < 4.78 is 3.84. The summed E-state index contributed by atoms with van der Waals surface area (Å²) in [5.41, 5.74) is 3.00. The van der Waals surface area contributed by atoms with Crippen molar-refractivity contribution in [1.29, 1.82) is 0 Å². The highest BCUT2D eigenvalue weighted by Crippen LogP contribution is 2.27. The molecule has 0 saturated heterocycles. The molecule has 0 atom stereocenters. The summed E-state index contributed by atoms with van der Waals surface area (Å²) in [4.78, 5) is 13.5. The second-order valence-corrected chi connectivity index (χ2v) is 8.20. The van der Waals surface area contributed by atoms with Crippen LogP contribution in [-0.4, -0.2) is 31.2 Å². The molecular weight excluding hydrogens is 390 g/mol. The van der Waals surface area contributed by atoms with Crippen molar-refractivity contribution < 1.29 is 4.79 Å². The molecule has 0 bridgehead atoms. The number of aromatic nitrogens is 4. The third-order valence-corrected chi connectivity index (χ3v) is 5.96. The summed E-state index contributed by atoms with van der Waals surface area (Å²) in [6.45, 7) is 3.99. The van der Waals surface area contributed by atoms with Crippen LogP contribution < -0.4 is 5.32 Å². The summed E-state index contributed by atoms with van der Waals surface area (Å²) in [6.07, 6.45) is 3.86. The van der Waals surface area contributed by atoms with Crippen LogP contribution in [0.5, 0.6) is 0 Å². The number of benzene rings is 1. The van der Waals surface area contributed by atoms with E-state index in [9.17, 15) is 4.79 Å². The average molecular weight is 410 g/mol. The number of aryl methyl sites for hydroxylation is 2. The van der Waals surface area contributed by atoms with Crippen LogP contribution in [0.4, 0.5) is 5.69 Å². The Morgan fingerprint density at radius 2 is 1.96 bits per heavy atom. The zero-order valence-electron chi connectivity index (χ0n) is 15.5. The van der Waals surface area contributed by atoms with Gasteiger partial charge in [-0.3, -0.25) is 9.47 Å². The molecule has 0 unspecified atom stereocenters. The highest BCUT2D eigenvalue weighted by Gasteiger charge is 2.17. The van der Waals surface area contributed by atoms with Gasteiger partial charge in [0.25, 0.3) is 0 Å². The Bertz CT molecular complexity index is 1080. The van der Waals surface area contributed by atoms with E-state index in [0.29, 0.717) is 5.16 Å². The predicted molar refractivity (Wildman–Crippen MR) is 114 cm³/mol. The van der Waals surface area contributed by atoms with Gasteiger partial charge in [0.2, 0.25) is 11.1 Å². The molecule has 3 heterocycles. The first-order chi connectivity index (χ1) is 13.6. The van der Waals surface area contributed by atoms with E-state index in [0.717, 1.165) is 27.5 Å². The van der Waals surface area contributed by atoms with Crippen LogP contribution in [-0.2, 0) is 4.79 Å². The Kier molecular flexibility index (Phi) is 5.31. The van der Waals surface area contributed by atoms with Crippen molar-refractivity contribution in [3.05, 3.63) is 71.4 Å². The zero-order valence-corrected chi connectivity index (χ0v) is 17.1. The minimum Gasteiger partial charge on any atom is -0.325 e. The summed E-state index contributed by atoms with van der Waals surface area (Å²) in [5.74, 6) is 0.930. The fraction of sp³-hybridized carbons (Fsp3) is 0.150. The Hall–Kier alpha value is -2.84. The molecule has 1 amide bonds. The number of hydrogen-bond acceptors (Lipinski definition) is 5. The number of amides is 1. The second-order valence-electron chi connectivity index (χ2n) is 6.31. The smallest absolute Gasteiger partial charge is 0.234 e. The molecule has 0 aliphatic carbocycles. The lowest BCUT2D eigenvalue weighted by atomic mass is 10.1. The van der Waals surface area contributed by atoms with E-state index in [1.54, 1.807) is 11.3 Å². The highest BCUT2D eigenvalue weighted by molar-refractivity contribution is 7.99. The summed E-state index contributed by atoms with van der Waals surface area (Å²) >= 11 is 2.97. The number of thioether (sulfide) groups is 1. The lowest BCUT2D eigenvalue weighted by Crippen LogP contribution is -2.16. The number of nitrogens with one attached hydrogen (secondary N) is 1. The molecule has 4 aromatic rings. The Labute approximate surface area is 171 Å². The number of carbonyl (C=O) groups is 1. The first kappa shape index (κ1) is 18.5. The van der Waals surface area contributed by atoms with E-state index >= 15 is 0 Å². The first-order valence-electron chi connectivity index (χ1n) is 8.74. The number of rotatable bonds is 6. The van der Waals surface area contributed by atoms with Crippen LogP contribution in [0.2, 0.25) is 0 Å². The molecule has 0 aliphatic heterocycles. The molecular formula is C20H19N5OS2. The quantitative estimate of drug-likeness (QED) is 0.477. The van der Waals surface area contributed by atoms with Gasteiger partial charge in [-0.15, -0.1) is 21.5 Å². The van der Waals surface area contributed by atoms with Crippen LogP contribution in [0, 0.1) is 13.8 Å². The average Bonchev–Trinajstić information content (AvgIpc) is 3.43. The Balaban J connectivity index is 1.54. The SMILES string of the molecule is Cc1ccc(C)c(NC(=O)CSc2nnc(-c3cccs3)n2-n2cccc2)c1. The normalized spacial score (nSPS) is 10.9. The summed E-state index contributed by atoms with van der Waals surface area (Å²) in [6, 6.07) is 13.9. The summed E-state index contributed by atoms with van der Waals surface area (Å²) in [7, 11) is 0. The van der Waals surface area contributed by atoms with Crippen molar-refractivity contribution in [3.63, 3.8) is 0 Å². The van der Waals surface area contributed by atoms with E-state index in [-0.39, 0.29) is 11.7 Å². The zero-order chi connectivity index (χ0) is 19.5. The molecule has 8 heteroatoms. The molecule has 0 radical (unpaired) electrons. The second kappa shape index (κ2) is 8.04. The molecule has 3 aromatic heterocycles. The maximum absolute atomic E-state index is 12.5. The van der Waals surface area contributed by atoms with Gasteiger partial charge >= 0.3 is 0 Å². The van der Waals surface area contributed by atoms with Crippen LogP contribution in [0.15, 0.2) is 65.4 Å². The van der Waals surface area contributed by atoms with Gasteiger partial charge in [0, 0.05) is 18.1 Å². The van der Waals surface area contributed by atoms with E-state index in [1.165, 1.54) is 11.8 Å². The van der Waals surface area contributed by atoms with Crippen molar-refractivity contribution in [2.24, 2.45) is 0 Å². The van der Waals surface area contributed by atoms with Crippen LogP contribution in [0.25, 0.3) is 10.7 Å². The van der Waals surface area contributed by atoms with Crippen LogP contribution >= 0.6 is 23.1 Å². The van der Waals surface area contributed by atoms with Gasteiger partial charge in [-0.05, 0) is 54.6 Å². The van der Waals surface area contributed by atoms with Crippen molar-refractivity contribution >= 4 is 34.7 Å². The fourth-order valence-electron chi connectivity index (χ4n) is 2.77. The van der Waals surface area contributed by atoms with E-state index < -0.39 is 0 Å². The van der Waals surface area contributed by atoms with Crippen LogP contribution in [0.1, 0.15) is 11.1 Å². The van der Waals surface area contributed by atoms with Gasteiger partial charge < -0.3 is 5.32 Å². The fourth-order valence-corrected chi connectivity index (χ4v) is 4.20. The van der Waals surface area contributed by atoms with Crippen molar-refractivity contribution in [3.8, 4) is 10.7 Å². The molecule has 0 spiro atoms. The predicted octanol–water partition coefficient (Wildman–Crippen LogP) is 4.47. The number of nitrogens with zero attached hydrogens (tertiary/aromatic N) is 4. The molecule has 1 N–H and O–H groups in total. The highest BCUT2D eigenvalue weighted by atomic mass is 32.2. The van der Waals surface area contributed by atoms with Gasteiger partial charge in [0.15, 0.2) is 5.82 Å². The molecule has 4 rings (SSSR count). The largest absolute Gasteiger partial charge is 0.325 e. The number of anilines is 1. The Morgan fingerprint density at radius 1 is 1.14 bits per heavy atom. The molecule has 142 valence electrons. The maximum atomic E-state index is 12.5. The third kappa shape index (κ3) is 3.88. The van der Waals surface area contributed by atoms with Crippen molar-refractivity contribution in [1.82, 2.24) is 19.5 Å². The number of thiophene rings is 1. The minimum atomic E-state index is -0.0709. The molecule has 0 fully saturated rings.